The van der Waals surface area contributed by atoms with E-state index >= 15 is 0 Å². The summed E-state index contributed by atoms with van der Waals surface area (Å²) in [6.07, 6.45) is 5.27. The highest BCUT2D eigenvalue weighted by molar-refractivity contribution is 5.85. The van der Waals surface area contributed by atoms with Gasteiger partial charge in [-0.3, -0.25) is 4.68 Å². The van der Waals surface area contributed by atoms with E-state index < -0.39 is 0 Å². The van der Waals surface area contributed by atoms with Crippen LogP contribution in [0.25, 0.3) is 5.69 Å². The van der Waals surface area contributed by atoms with Crippen molar-refractivity contribution < 1.29 is 0 Å². The zero-order valence-electron chi connectivity index (χ0n) is 14.4. The van der Waals surface area contributed by atoms with Gasteiger partial charge in [0.2, 0.25) is 0 Å². The molecule has 0 bridgehead atoms. The van der Waals surface area contributed by atoms with Gasteiger partial charge in [-0.2, -0.15) is 10.2 Å². The van der Waals surface area contributed by atoms with Crippen LogP contribution in [0.3, 0.4) is 0 Å². The fourth-order valence-electron chi connectivity index (χ4n) is 3.27. The van der Waals surface area contributed by atoms with Crippen molar-refractivity contribution in [3.8, 4) is 5.69 Å². The number of benzene rings is 1. The lowest BCUT2D eigenvalue weighted by molar-refractivity contribution is 0.435. The molecule has 138 valence electrons. The number of aryl methyl sites for hydroxylation is 2. The van der Waals surface area contributed by atoms with Crippen LogP contribution in [0, 0.1) is 0 Å². The van der Waals surface area contributed by atoms with Gasteiger partial charge in [-0.25, -0.2) is 19.0 Å². The molecule has 9 heteroatoms. The second-order valence-electron chi connectivity index (χ2n) is 6.24. The van der Waals surface area contributed by atoms with Crippen LogP contribution in [-0.4, -0.2) is 42.2 Å². The molecule has 1 aliphatic rings. The Hall–Kier alpha value is -2.45. The van der Waals surface area contributed by atoms with Crippen molar-refractivity contribution in [1.29, 1.82) is 0 Å². The van der Waals surface area contributed by atoms with E-state index in [1.54, 1.807) is 20.3 Å². The Bertz CT molecular complexity index is 866. The van der Waals surface area contributed by atoms with E-state index in [1.807, 2.05) is 30.3 Å². The molecule has 0 saturated carbocycles. The van der Waals surface area contributed by atoms with Gasteiger partial charge < -0.3 is 5.32 Å². The largest absolute Gasteiger partial charge is 0.350 e. The number of aromatic nitrogens is 6. The first-order valence-electron chi connectivity index (χ1n) is 8.61. The van der Waals surface area contributed by atoms with Crippen LogP contribution in [0.1, 0.15) is 24.6 Å². The molecule has 2 aromatic heterocycles. The Balaban J connectivity index is 0.00000196. The second kappa shape index (κ2) is 8.29. The predicted octanol–water partition coefficient (Wildman–Crippen LogP) is 1.21. The molecule has 1 aromatic carbocycles. The van der Waals surface area contributed by atoms with Crippen LogP contribution < -0.4 is 11.0 Å². The van der Waals surface area contributed by atoms with Crippen LogP contribution in [0.15, 0.2) is 47.8 Å². The SMILES string of the molecule is Cl.O=c1n(CCn2cncn2)nc(C2CCCNC2)n1-c1ccccc1. The van der Waals surface area contributed by atoms with E-state index in [0.717, 1.165) is 37.4 Å². The van der Waals surface area contributed by atoms with E-state index in [1.165, 1.54) is 6.33 Å². The first kappa shape index (κ1) is 18.3. The molecule has 1 unspecified atom stereocenters. The Kier molecular flexibility index (Phi) is 5.85. The molecular formula is C17H22ClN7O. The maximum Gasteiger partial charge on any atom is 0.350 e. The van der Waals surface area contributed by atoms with Gasteiger partial charge in [-0.05, 0) is 31.5 Å². The molecule has 1 saturated heterocycles. The van der Waals surface area contributed by atoms with Crippen LogP contribution in [0.2, 0.25) is 0 Å². The molecule has 3 aromatic rings. The molecule has 8 nitrogen and oxygen atoms in total. The van der Waals surface area contributed by atoms with Crippen molar-refractivity contribution in [2.24, 2.45) is 0 Å². The van der Waals surface area contributed by atoms with Gasteiger partial charge in [-0.15, -0.1) is 12.4 Å². The summed E-state index contributed by atoms with van der Waals surface area (Å²) in [6.45, 7) is 2.91. The van der Waals surface area contributed by atoms with Crippen LogP contribution in [0.5, 0.6) is 0 Å². The fourth-order valence-corrected chi connectivity index (χ4v) is 3.27. The maximum absolute atomic E-state index is 13.0. The number of halogens is 1. The molecule has 0 radical (unpaired) electrons. The van der Waals surface area contributed by atoms with Crippen LogP contribution in [0.4, 0.5) is 0 Å². The topological polar surface area (TPSA) is 82.6 Å². The number of para-hydroxylation sites is 1. The molecule has 4 rings (SSSR count). The number of rotatable bonds is 5. The van der Waals surface area contributed by atoms with E-state index in [9.17, 15) is 4.79 Å². The summed E-state index contributed by atoms with van der Waals surface area (Å²) in [7, 11) is 0. The molecule has 0 spiro atoms. The van der Waals surface area contributed by atoms with E-state index in [2.05, 4.69) is 20.5 Å². The van der Waals surface area contributed by atoms with Crippen LogP contribution in [-0.2, 0) is 13.1 Å². The highest BCUT2D eigenvalue weighted by Gasteiger charge is 2.24. The van der Waals surface area contributed by atoms with Crippen molar-refractivity contribution in [2.75, 3.05) is 13.1 Å². The number of nitrogens with one attached hydrogen (secondary N) is 1. The monoisotopic (exact) mass is 375 g/mol. The van der Waals surface area contributed by atoms with Crippen molar-refractivity contribution in [1.82, 2.24) is 34.4 Å². The lowest BCUT2D eigenvalue weighted by Crippen LogP contribution is -2.31. The second-order valence-corrected chi connectivity index (χ2v) is 6.24. The van der Waals surface area contributed by atoms with Gasteiger partial charge in [0, 0.05) is 12.5 Å². The minimum atomic E-state index is -0.105. The minimum Gasteiger partial charge on any atom is -0.316 e. The smallest absolute Gasteiger partial charge is 0.316 e. The lowest BCUT2D eigenvalue weighted by atomic mass is 9.99. The fraction of sp³-hybridized carbons (Fsp3) is 0.412. The molecule has 1 atom stereocenters. The van der Waals surface area contributed by atoms with Crippen molar-refractivity contribution in [2.45, 2.75) is 31.8 Å². The minimum absolute atomic E-state index is 0. The van der Waals surface area contributed by atoms with Crippen molar-refractivity contribution in [3.05, 3.63) is 59.3 Å². The molecule has 26 heavy (non-hydrogen) atoms. The summed E-state index contributed by atoms with van der Waals surface area (Å²) >= 11 is 0. The summed E-state index contributed by atoms with van der Waals surface area (Å²) in [5, 5.41) is 12.2. The lowest BCUT2D eigenvalue weighted by Gasteiger charge is -2.22. The van der Waals surface area contributed by atoms with Crippen molar-refractivity contribution in [3.63, 3.8) is 0 Å². The quantitative estimate of drug-likeness (QED) is 0.725. The standard InChI is InChI=1S/C17H21N7O.ClH/c25-17-23(10-9-22-13-19-12-20-22)21-16(14-5-4-8-18-11-14)24(17)15-6-2-1-3-7-15;/h1-3,6-7,12-14,18H,4-5,8-11H2;1H. The summed E-state index contributed by atoms with van der Waals surface area (Å²) in [6, 6.07) is 9.73. The van der Waals surface area contributed by atoms with Gasteiger partial charge in [-0.1, -0.05) is 18.2 Å². The van der Waals surface area contributed by atoms with Gasteiger partial charge in [0.05, 0.1) is 18.8 Å². The van der Waals surface area contributed by atoms with Gasteiger partial charge in [0.25, 0.3) is 0 Å². The molecular weight excluding hydrogens is 354 g/mol. The Morgan fingerprint density at radius 2 is 2.04 bits per heavy atom. The molecule has 0 aliphatic carbocycles. The van der Waals surface area contributed by atoms with Gasteiger partial charge in [0.15, 0.2) is 0 Å². The normalized spacial score (nSPS) is 17.0. The Morgan fingerprint density at radius 3 is 2.73 bits per heavy atom. The third-order valence-corrected chi connectivity index (χ3v) is 4.55. The summed E-state index contributed by atoms with van der Waals surface area (Å²) in [4.78, 5) is 16.9. The predicted molar refractivity (Wildman–Crippen MR) is 99.9 cm³/mol. The number of hydrogen-bond donors (Lipinski definition) is 1. The van der Waals surface area contributed by atoms with Gasteiger partial charge >= 0.3 is 5.69 Å². The average molecular weight is 376 g/mol. The summed E-state index contributed by atoms with van der Waals surface area (Å²) in [5.41, 5.74) is 0.756. The van der Waals surface area contributed by atoms with Crippen LogP contribution >= 0.6 is 12.4 Å². The van der Waals surface area contributed by atoms with Crippen molar-refractivity contribution >= 4 is 12.4 Å². The first-order valence-corrected chi connectivity index (χ1v) is 8.61. The summed E-state index contributed by atoms with van der Waals surface area (Å²) < 4.78 is 4.99. The highest BCUT2D eigenvalue weighted by atomic mass is 35.5. The van der Waals surface area contributed by atoms with Gasteiger partial charge in [0.1, 0.15) is 18.5 Å². The van der Waals surface area contributed by atoms with E-state index in [0.29, 0.717) is 13.1 Å². The Labute approximate surface area is 157 Å². The third kappa shape index (κ3) is 3.71. The van der Waals surface area contributed by atoms with E-state index in [-0.39, 0.29) is 24.0 Å². The zero-order chi connectivity index (χ0) is 17.1. The Morgan fingerprint density at radius 1 is 1.19 bits per heavy atom. The zero-order valence-corrected chi connectivity index (χ0v) is 15.2. The maximum atomic E-state index is 13.0. The number of hydrogen-bond acceptors (Lipinski definition) is 5. The molecule has 1 fully saturated rings. The molecule has 3 heterocycles. The summed E-state index contributed by atoms with van der Waals surface area (Å²) in [5.74, 6) is 1.08. The molecule has 0 amide bonds. The number of piperidine rings is 1. The number of nitrogens with zero attached hydrogens (tertiary/aromatic N) is 6. The average Bonchev–Trinajstić information content (AvgIpc) is 3.29. The first-order chi connectivity index (χ1) is 12.3. The molecule has 1 aliphatic heterocycles. The molecule has 1 N–H and O–H groups in total. The van der Waals surface area contributed by atoms with E-state index in [4.69, 9.17) is 0 Å². The third-order valence-electron chi connectivity index (χ3n) is 4.55. The highest BCUT2D eigenvalue weighted by Crippen LogP contribution is 2.22.